The molecule has 3 nitrogen and oxygen atoms in total. The van der Waals surface area contributed by atoms with Crippen molar-refractivity contribution in [2.75, 3.05) is 13.1 Å². The third-order valence-electron chi connectivity index (χ3n) is 4.46. The van der Waals surface area contributed by atoms with Gasteiger partial charge in [0, 0.05) is 25.4 Å². The topological polar surface area (TPSA) is 41.1 Å². The van der Waals surface area contributed by atoms with Crippen LogP contribution >= 0.6 is 0 Å². The summed E-state index contributed by atoms with van der Waals surface area (Å²) in [6.45, 7) is 4.98. The Labute approximate surface area is 134 Å². The summed E-state index contributed by atoms with van der Waals surface area (Å²) in [4.78, 5) is 12.1. The number of carbonyl (C=O) groups is 1. The maximum atomic E-state index is 13.7. The van der Waals surface area contributed by atoms with Gasteiger partial charge in [0.05, 0.1) is 5.92 Å². The molecule has 0 spiro atoms. The first-order chi connectivity index (χ1) is 10.7. The van der Waals surface area contributed by atoms with Crippen molar-refractivity contribution in [3.05, 3.63) is 35.1 Å². The van der Waals surface area contributed by atoms with Crippen molar-refractivity contribution in [2.24, 2.45) is 5.92 Å². The van der Waals surface area contributed by atoms with Gasteiger partial charge >= 0.3 is 0 Å². The van der Waals surface area contributed by atoms with Crippen LogP contribution in [-0.2, 0) is 4.79 Å². The van der Waals surface area contributed by atoms with Gasteiger partial charge in [-0.25, -0.2) is 13.2 Å². The van der Waals surface area contributed by atoms with Gasteiger partial charge in [0.1, 0.15) is 5.82 Å². The maximum Gasteiger partial charge on any atom is 0.256 e. The number of amides is 1. The Morgan fingerprint density at radius 3 is 2.70 bits per heavy atom. The first-order valence-electron chi connectivity index (χ1n) is 7.84. The highest BCUT2D eigenvalue weighted by molar-refractivity contribution is 5.79. The minimum absolute atomic E-state index is 0.0905. The van der Waals surface area contributed by atoms with Crippen LogP contribution in [0, 0.1) is 18.7 Å². The van der Waals surface area contributed by atoms with E-state index >= 15 is 0 Å². The van der Waals surface area contributed by atoms with Crippen molar-refractivity contribution in [2.45, 2.75) is 45.1 Å². The second-order valence-corrected chi connectivity index (χ2v) is 6.45. The van der Waals surface area contributed by atoms with E-state index in [9.17, 15) is 18.0 Å². The second-order valence-electron chi connectivity index (χ2n) is 6.45. The fourth-order valence-electron chi connectivity index (χ4n) is 2.93. The van der Waals surface area contributed by atoms with E-state index in [1.807, 2.05) is 6.07 Å². The lowest BCUT2D eigenvalue weighted by atomic mass is 9.85. The summed E-state index contributed by atoms with van der Waals surface area (Å²) in [5.41, 5.74) is 1.60. The summed E-state index contributed by atoms with van der Waals surface area (Å²) < 4.78 is 40.3. The summed E-state index contributed by atoms with van der Waals surface area (Å²) in [6, 6.07) is 4.45. The molecular weight excluding hydrogens is 305 g/mol. The third kappa shape index (κ3) is 4.47. The Bertz CT molecular complexity index is 551. The number of nitrogens with one attached hydrogen (secondary N) is 2. The van der Waals surface area contributed by atoms with Gasteiger partial charge in [0.2, 0.25) is 5.91 Å². The number of hydrogen-bond donors (Lipinski definition) is 2. The van der Waals surface area contributed by atoms with E-state index < -0.39 is 17.7 Å². The Morgan fingerprint density at radius 2 is 2.09 bits per heavy atom. The van der Waals surface area contributed by atoms with Crippen LogP contribution in [0.1, 0.15) is 37.3 Å². The molecule has 0 aliphatic carbocycles. The summed E-state index contributed by atoms with van der Waals surface area (Å²) >= 11 is 0. The highest BCUT2D eigenvalue weighted by Gasteiger charge is 2.38. The lowest BCUT2D eigenvalue weighted by Crippen LogP contribution is -2.52. The largest absolute Gasteiger partial charge is 0.351 e. The Kier molecular flexibility index (Phi) is 5.34. The van der Waals surface area contributed by atoms with E-state index in [0.29, 0.717) is 13.0 Å². The van der Waals surface area contributed by atoms with E-state index in [2.05, 4.69) is 10.6 Å². The average molecular weight is 328 g/mol. The molecule has 1 heterocycles. The first kappa shape index (κ1) is 17.8. The molecule has 0 bridgehead atoms. The lowest BCUT2D eigenvalue weighted by molar-refractivity contribution is -0.136. The lowest BCUT2D eigenvalue weighted by Gasteiger charge is -2.34. The molecule has 1 aromatic rings. The molecule has 0 aromatic heterocycles. The molecular formula is C17H23F3N2O. The van der Waals surface area contributed by atoms with Gasteiger partial charge in [-0.1, -0.05) is 6.07 Å². The fraction of sp³-hybridized carbons (Fsp3) is 0.588. The standard InChI is InChI=1S/C17H23F3N2O/c1-10-6-12(8-13(18)7-10)14-4-5-21-9-15(14)22-16(23)11(2)17(3,19)20/h6-8,11,14-15,21H,4-5,9H2,1-3H3,(H,22,23)/t11-,14-,15+/m0/s1. The summed E-state index contributed by atoms with van der Waals surface area (Å²) in [5, 5.41) is 5.86. The van der Waals surface area contributed by atoms with Gasteiger partial charge in [0.25, 0.3) is 5.92 Å². The van der Waals surface area contributed by atoms with Crippen LogP contribution in [0.3, 0.4) is 0 Å². The number of aryl methyl sites for hydroxylation is 1. The Hall–Kier alpha value is -1.56. The van der Waals surface area contributed by atoms with Gasteiger partial charge in [-0.05, 0) is 50.1 Å². The van der Waals surface area contributed by atoms with Gasteiger partial charge in [-0.15, -0.1) is 0 Å². The number of benzene rings is 1. The summed E-state index contributed by atoms with van der Waals surface area (Å²) in [5.74, 6) is -5.56. The molecule has 1 aromatic carbocycles. The van der Waals surface area contributed by atoms with Crippen LogP contribution in [0.15, 0.2) is 18.2 Å². The molecule has 2 N–H and O–H groups in total. The van der Waals surface area contributed by atoms with Crippen LogP contribution in [0.2, 0.25) is 0 Å². The molecule has 1 saturated heterocycles. The zero-order valence-corrected chi connectivity index (χ0v) is 13.6. The number of halogens is 3. The van der Waals surface area contributed by atoms with Crippen LogP contribution in [0.5, 0.6) is 0 Å². The highest BCUT2D eigenvalue weighted by atomic mass is 19.3. The van der Waals surface area contributed by atoms with E-state index in [1.165, 1.54) is 19.1 Å². The minimum atomic E-state index is -3.07. The monoisotopic (exact) mass is 328 g/mol. The van der Waals surface area contributed by atoms with Crippen LogP contribution < -0.4 is 10.6 Å². The molecule has 1 aliphatic heterocycles. The normalized spacial score (nSPS) is 23.4. The van der Waals surface area contributed by atoms with E-state index in [4.69, 9.17) is 0 Å². The molecule has 1 amide bonds. The number of carbonyl (C=O) groups excluding carboxylic acids is 1. The average Bonchev–Trinajstić information content (AvgIpc) is 2.45. The second kappa shape index (κ2) is 6.91. The van der Waals surface area contributed by atoms with Crippen molar-refractivity contribution in [3.63, 3.8) is 0 Å². The first-order valence-corrected chi connectivity index (χ1v) is 7.84. The smallest absolute Gasteiger partial charge is 0.256 e. The molecule has 0 radical (unpaired) electrons. The van der Waals surface area contributed by atoms with Crippen LogP contribution in [-0.4, -0.2) is 31.0 Å². The molecule has 0 unspecified atom stereocenters. The number of hydrogen-bond acceptors (Lipinski definition) is 2. The van der Waals surface area contributed by atoms with Gasteiger partial charge in [-0.2, -0.15) is 0 Å². The third-order valence-corrected chi connectivity index (χ3v) is 4.46. The molecule has 0 saturated carbocycles. The maximum absolute atomic E-state index is 13.7. The summed E-state index contributed by atoms with van der Waals surface area (Å²) in [6.07, 6.45) is 0.713. The molecule has 23 heavy (non-hydrogen) atoms. The van der Waals surface area contributed by atoms with Gasteiger partial charge < -0.3 is 10.6 Å². The van der Waals surface area contributed by atoms with Crippen molar-refractivity contribution in [3.8, 4) is 0 Å². The zero-order valence-electron chi connectivity index (χ0n) is 13.6. The Balaban J connectivity index is 2.17. The van der Waals surface area contributed by atoms with Crippen LogP contribution in [0.25, 0.3) is 0 Å². The SMILES string of the molecule is Cc1cc(F)cc([C@@H]2CCNC[C@H]2NC(=O)[C@H](C)C(C)(F)F)c1. The predicted octanol–water partition coefficient (Wildman–Crippen LogP) is 2.99. The van der Waals surface area contributed by atoms with Crippen molar-refractivity contribution in [1.82, 2.24) is 10.6 Å². The fourth-order valence-corrected chi connectivity index (χ4v) is 2.93. The predicted molar refractivity (Wildman–Crippen MR) is 83.1 cm³/mol. The number of rotatable bonds is 4. The molecule has 2 rings (SSSR count). The van der Waals surface area contributed by atoms with Gasteiger partial charge in [0.15, 0.2) is 0 Å². The number of alkyl halides is 2. The quantitative estimate of drug-likeness (QED) is 0.892. The molecule has 1 fully saturated rings. The van der Waals surface area contributed by atoms with Crippen molar-refractivity contribution < 1.29 is 18.0 Å². The van der Waals surface area contributed by atoms with Crippen LogP contribution in [0.4, 0.5) is 13.2 Å². The van der Waals surface area contributed by atoms with E-state index in [0.717, 1.165) is 24.6 Å². The number of piperidine rings is 1. The molecule has 6 heteroatoms. The van der Waals surface area contributed by atoms with Crippen molar-refractivity contribution >= 4 is 5.91 Å². The molecule has 128 valence electrons. The van der Waals surface area contributed by atoms with E-state index in [1.54, 1.807) is 6.92 Å². The Morgan fingerprint density at radius 1 is 1.39 bits per heavy atom. The minimum Gasteiger partial charge on any atom is -0.351 e. The summed E-state index contributed by atoms with van der Waals surface area (Å²) in [7, 11) is 0. The van der Waals surface area contributed by atoms with Gasteiger partial charge in [-0.3, -0.25) is 4.79 Å². The molecule has 1 aliphatic rings. The molecule has 3 atom stereocenters. The van der Waals surface area contributed by atoms with Crippen molar-refractivity contribution in [1.29, 1.82) is 0 Å². The van der Waals surface area contributed by atoms with E-state index in [-0.39, 0.29) is 17.8 Å². The zero-order chi connectivity index (χ0) is 17.2. The highest BCUT2D eigenvalue weighted by Crippen LogP contribution is 2.29.